The molecule has 32 heavy (non-hydrogen) atoms. The van der Waals surface area contributed by atoms with Crippen molar-refractivity contribution in [2.75, 3.05) is 26.2 Å². The molecule has 1 aliphatic rings. The highest BCUT2D eigenvalue weighted by Gasteiger charge is 2.26. The lowest BCUT2D eigenvalue weighted by Gasteiger charge is -2.35. The van der Waals surface area contributed by atoms with Crippen molar-refractivity contribution in [1.29, 1.82) is 0 Å². The van der Waals surface area contributed by atoms with E-state index in [0.717, 1.165) is 50.9 Å². The first-order valence-electron chi connectivity index (χ1n) is 11.7. The Morgan fingerprint density at radius 3 is 2.59 bits per heavy atom. The maximum absolute atomic E-state index is 10.1. The maximum Gasteiger partial charge on any atom is 0.160 e. The van der Waals surface area contributed by atoms with Crippen LogP contribution in [0.2, 0.25) is 0 Å². The number of fused-ring (bicyclic) bond motifs is 1. The van der Waals surface area contributed by atoms with Crippen molar-refractivity contribution in [3.05, 3.63) is 45.6 Å². The van der Waals surface area contributed by atoms with Gasteiger partial charge in [-0.15, -0.1) is 34.0 Å². The molecule has 0 bridgehead atoms. The van der Waals surface area contributed by atoms with Gasteiger partial charge in [0, 0.05) is 11.6 Å². The summed E-state index contributed by atoms with van der Waals surface area (Å²) in [7, 11) is 0. The molecule has 1 unspecified atom stereocenters. The Balaban J connectivity index is 0.00000256. The first-order valence-corrected chi connectivity index (χ1v) is 12.6. The van der Waals surface area contributed by atoms with Crippen LogP contribution in [-0.4, -0.2) is 47.3 Å². The van der Waals surface area contributed by atoms with Gasteiger partial charge >= 0.3 is 0 Å². The number of thiophene rings is 1. The molecule has 1 heterocycles. The van der Waals surface area contributed by atoms with Crippen molar-refractivity contribution in [2.24, 2.45) is 0 Å². The minimum absolute atomic E-state index is 0. The fourth-order valence-corrected chi connectivity index (χ4v) is 5.29. The number of rotatable bonds is 13. The molecule has 3 N–H and O–H groups in total. The average Bonchev–Trinajstić information content (AvgIpc) is 3.28. The van der Waals surface area contributed by atoms with E-state index < -0.39 is 0 Å². The molecule has 3 rings (SSSR count). The van der Waals surface area contributed by atoms with Gasteiger partial charge in [0.25, 0.3) is 0 Å². The number of benzene rings is 1. The van der Waals surface area contributed by atoms with Crippen molar-refractivity contribution in [2.45, 2.75) is 70.8 Å². The summed E-state index contributed by atoms with van der Waals surface area (Å²) in [5.41, 5.74) is 3.60. The summed E-state index contributed by atoms with van der Waals surface area (Å²) in [5, 5.41) is 27.8. The van der Waals surface area contributed by atoms with Crippen LogP contribution in [0.4, 0.5) is 0 Å². The highest BCUT2D eigenvalue weighted by Crippen LogP contribution is 2.36. The van der Waals surface area contributed by atoms with Crippen LogP contribution in [0.5, 0.6) is 11.5 Å². The Morgan fingerprint density at radius 2 is 1.84 bits per heavy atom. The summed E-state index contributed by atoms with van der Waals surface area (Å²) in [4.78, 5) is 2.66. The molecule has 1 aromatic carbocycles. The van der Waals surface area contributed by atoms with Crippen LogP contribution in [-0.2, 0) is 19.3 Å². The lowest BCUT2D eigenvalue weighted by Crippen LogP contribution is -2.40. The Hall–Kier alpha value is -0.600. The fraction of sp³-hybridized carbons (Fsp3) is 0.600. The molecule has 0 saturated heterocycles. The van der Waals surface area contributed by atoms with Crippen molar-refractivity contribution in [3.8, 4) is 11.5 Å². The van der Waals surface area contributed by atoms with E-state index in [9.17, 15) is 10.2 Å². The normalized spacial score (nSPS) is 15.1. The average molecular weight is 592 g/mol. The number of hydrogen-bond donors (Lipinski definition) is 3. The van der Waals surface area contributed by atoms with Crippen molar-refractivity contribution in [1.82, 2.24) is 10.2 Å². The Bertz CT molecular complexity index is 759. The molecule has 2 aromatic rings. The minimum atomic E-state index is 0. The van der Waals surface area contributed by atoms with Gasteiger partial charge in [-0.25, -0.2) is 0 Å². The summed E-state index contributed by atoms with van der Waals surface area (Å²) in [5.74, 6) is 0.107. The van der Waals surface area contributed by atoms with Gasteiger partial charge in [0.15, 0.2) is 11.5 Å². The van der Waals surface area contributed by atoms with Crippen LogP contribution in [0.3, 0.4) is 0 Å². The number of phenols is 2. The third-order valence-corrected chi connectivity index (χ3v) is 7.02. The van der Waals surface area contributed by atoms with E-state index >= 15 is 0 Å². The second-order valence-electron chi connectivity index (χ2n) is 8.55. The van der Waals surface area contributed by atoms with Crippen molar-refractivity contribution in [3.63, 3.8) is 0 Å². The molecule has 182 valence electrons. The molecular formula is C25H40Br2N2O2S. The van der Waals surface area contributed by atoms with Crippen molar-refractivity contribution < 1.29 is 10.2 Å². The first kappa shape index (κ1) is 29.4. The zero-order chi connectivity index (χ0) is 21.2. The van der Waals surface area contributed by atoms with Gasteiger partial charge in [-0.2, -0.15) is 11.3 Å². The Morgan fingerprint density at radius 1 is 1.03 bits per heavy atom. The van der Waals surface area contributed by atoms with Crippen LogP contribution in [0.15, 0.2) is 29.0 Å². The van der Waals surface area contributed by atoms with Gasteiger partial charge in [-0.05, 0) is 105 Å². The third-order valence-electron chi connectivity index (χ3n) is 6.29. The minimum Gasteiger partial charge on any atom is -0.504 e. The molecule has 1 atom stereocenters. The van der Waals surface area contributed by atoms with E-state index in [4.69, 9.17) is 0 Å². The van der Waals surface area contributed by atoms with E-state index in [1.54, 1.807) is 17.4 Å². The number of nitrogens with one attached hydrogen (secondary N) is 1. The smallest absolute Gasteiger partial charge is 0.160 e. The molecule has 1 aliphatic carbocycles. The summed E-state index contributed by atoms with van der Waals surface area (Å²) in [6.07, 6.45) is 10.3. The zero-order valence-electron chi connectivity index (χ0n) is 19.2. The zero-order valence-corrected chi connectivity index (χ0v) is 23.5. The second-order valence-corrected chi connectivity index (χ2v) is 9.33. The predicted octanol–water partition coefficient (Wildman–Crippen LogP) is 6.28. The molecule has 0 saturated carbocycles. The number of phenolic OH excluding ortho intramolecular Hbond substituents is 2. The topological polar surface area (TPSA) is 55.7 Å². The van der Waals surface area contributed by atoms with E-state index in [2.05, 4.69) is 34.0 Å². The molecule has 0 spiro atoms. The van der Waals surface area contributed by atoms with Crippen LogP contribution >= 0.6 is 45.3 Å². The predicted molar refractivity (Wildman–Crippen MR) is 147 cm³/mol. The van der Waals surface area contributed by atoms with Gasteiger partial charge in [0.2, 0.25) is 0 Å². The van der Waals surface area contributed by atoms with E-state index in [1.165, 1.54) is 49.8 Å². The second kappa shape index (κ2) is 16.1. The SMILES string of the molecule is Br.Br.CCCN(CCCCCCNCCc1ccsc1)C1CCc2c(ccc(O)c2O)C1. The van der Waals surface area contributed by atoms with E-state index in [1.807, 2.05) is 6.07 Å². The van der Waals surface area contributed by atoms with Crippen LogP contribution in [0.25, 0.3) is 0 Å². The van der Waals surface area contributed by atoms with Gasteiger partial charge in [-0.1, -0.05) is 25.8 Å². The quantitative estimate of drug-likeness (QED) is 0.190. The monoisotopic (exact) mass is 590 g/mol. The number of aromatic hydroxyl groups is 2. The van der Waals surface area contributed by atoms with Gasteiger partial charge in [0.1, 0.15) is 0 Å². The molecule has 1 aromatic heterocycles. The largest absolute Gasteiger partial charge is 0.504 e. The molecule has 0 fully saturated rings. The fourth-order valence-electron chi connectivity index (χ4n) is 4.59. The van der Waals surface area contributed by atoms with Crippen LogP contribution < -0.4 is 5.32 Å². The van der Waals surface area contributed by atoms with Gasteiger partial charge < -0.3 is 20.4 Å². The lowest BCUT2D eigenvalue weighted by atomic mass is 9.86. The lowest BCUT2D eigenvalue weighted by molar-refractivity contribution is 0.175. The number of hydrogen-bond acceptors (Lipinski definition) is 5. The van der Waals surface area contributed by atoms with Gasteiger partial charge in [0.05, 0.1) is 0 Å². The van der Waals surface area contributed by atoms with Crippen LogP contribution in [0, 0.1) is 0 Å². The molecule has 0 amide bonds. The van der Waals surface area contributed by atoms with E-state index in [-0.39, 0.29) is 45.5 Å². The number of nitrogens with zero attached hydrogens (tertiary/aromatic N) is 1. The maximum atomic E-state index is 10.1. The summed E-state index contributed by atoms with van der Waals surface area (Å²) < 4.78 is 0. The molecule has 4 nitrogen and oxygen atoms in total. The Kier molecular flexibility index (Phi) is 14.8. The molecule has 0 aliphatic heterocycles. The summed E-state index contributed by atoms with van der Waals surface area (Å²) in [6, 6.07) is 6.40. The number of unbranched alkanes of at least 4 members (excludes halogenated alkanes) is 3. The summed E-state index contributed by atoms with van der Waals surface area (Å²) >= 11 is 1.78. The van der Waals surface area contributed by atoms with E-state index in [0.29, 0.717) is 6.04 Å². The van der Waals surface area contributed by atoms with Crippen LogP contribution in [0.1, 0.15) is 62.1 Å². The standard InChI is InChI=1S/C25H38N2O2S.2BrH/c1-2-15-27(22-8-9-23-21(18-22)7-10-24(28)25(23)29)16-6-4-3-5-13-26-14-11-20-12-17-30-19-20;;/h7,10,12,17,19,22,26,28-29H,2-6,8-9,11,13-16,18H2,1H3;2*1H. The molecular weight excluding hydrogens is 552 g/mol. The van der Waals surface area contributed by atoms with Gasteiger partial charge in [-0.3, -0.25) is 0 Å². The summed E-state index contributed by atoms with van der Waals surface area (Å²) in [6.45, 7) is 6.78. The number of halogens is 2. The molecule has 7 heteroatoms. The van der Waals surface area contributed by atoms with Crippen molar-refractivity contribution >= 4 is 45.3 Å². The highest BCUT2D eigenvalue weighted by molar-refractivity contribution is 8.93. The first-order chi connectivity index (χ1) is 14.7. The Labute approximate surface area is 219 Å². The molecule has 0 radical (unpaired) electrons. The highest BCUT2D eigenvalue weighted by atomic mass is 79.9. The third kappa shape index (κ3) is 8.98.